The van der Waals surface area contributed by atoms with E-state index in [-0.39, 0.29) is 0 Å². The Balaban J connectivity index is 1.74. The van der Waals surface area contributed by atoms with E-state index >= 15 is 0 Å². The van der Waals surface area contributed by atoms with Crippen LogP contribution >= 0.6 is 23.2 Å². The average Bonchev–Trinajstić information content (AvgIpc) is 3.02. The summed E-state index contributed by atoms with van der Waals surface area (Å²) in [7, 11) is 0. The number of aryl methyl sites for hydroxylation is 1. The second-order valence-corrected chi connectivity index (χ2v) is 8.58. The van der Waals surface area contributed by atoms with Crippen molar-refractivity contribution in [2.24, 2.45) is 0 Å². The largest absolute Gasteiger partial charge is 0.479 e. The summed E-state index contributed by atoms with van der Waals surface area (Å²) in [6.45, 7) is 5.87. The predicted molar refractivity (Wildman–Crippen MR) is 129 cm³/mol. The third-order valence-corrected chi connectivity index (χ3v) is 5.83. The van der Waals surface area contributed by atoms with Crippen LogP contribution in [0.5, 0.6) is 17.2 Å². The molecule has 0 aliphatic rings. The lowest BCUT2D eigenvalue weighted by Crippen LogP contribution is -2.23. The van der Waals surface area contributed by atoms with Crippen molar-refractivity contribution >= 4 is 40.2 Å². The fraction of sp³-hybridized carbons (Fsp3) is 0.200. The number of fused-ring (bicyclic) bond motifs is 1. The number of aliphatic carboxylic acids is 1. The number of carboxylic acids is 1. The zero-order valence-corrected chi connectivity index (χ0v) is 19.8. The molecular weight excluding hydrogens is 463 g/mol. The molecule has 0 amide bonds. The maximum atomic E-state index is 11.2. The van der Waals surface area contributed by atoms with E-state index in [9.17, 15) is 4.79 Å². The second kappa shape index (κ2) is 9.33. The van der Waals surface area contributed by atoms with Gasteiger partial charge in [-0.05, 0) is 62.7 Å². The first-order valence-corrected chi connectivity index (χ1v) is 11.1. The van der Waals surface area contributed by atoms with Crippen LogP contribution in [0.1, 0.15) is 23.7 Å². The summed E-state index contributed by atoms with van der Waals surface area (Å²) in [5, 5.41) is 10.7. The molecule has 1 N–H and O–H groups in total. The monoisotopic (exact) mass is 484 g/mol. The van der Waals surface area contributed by atoms with E-state index in [0.717, 1.165) is 28.0 Å². The fourth-order valence-corrected chi connectivity index (χ4v) is 3.80. The standard InChI is InChI=1S/C25H22Cl2N2O4/c1-14-4-7-18(8-5-14)33-23-15(2)29(24-19(23)9-11-22(27)28-24)13-17-6-10-20(26)21(12-17)32-16(3)25(30)31/h4-12,16H,13H2,1-3H3,(H,30,31)/t16-/m0/s1. The molecule has 8 heteroatoms. The van der Waals surface area contributed by atoms with Gasteiger partial charge >= 0.3 is 5.97 Å². The minimum Gasteiger partial charge on any atom is -0.479 e. The van der Waals surface area contributed by atoms with Crippen LogP contribution in [0.25, 0.3) is 11.0 Å². The quantitative estimate of drug-likeness (QED) is 0.297. The number of hydrogen-bond acceptors (Lipinski definition) is 4. The van der Waals surface area contributed by atoms with Crippen molar-refractivity contribution in [3.05, 3.63) is 81.6 Å². The van der Waals surface area contributed by atoms with Crippen LogP contribution in [0.2, 0.25) is 10.2 Å². The van der Waals surface area contributed by atoms with Gasteiger partial charge in [-0.15, -0.1) is 0 Å². The normalized spacial score (nSPS) is 12.0. The number of rotatable bonds is 7. The molecule has 0 saturated heterocycles. The topological polar surface area (TPSA) is 73.6 Å². The van der Waals surface area contributed by atoms with Gasteiger partial charge in [-0.1, -0.05) is 47.0 Å². The maximum absolute atomic E-state index is 11.2. The molecule has 0 fully saturated rings. The first-order chi connectivity index (χ1) is 15.7. The number of nitrogens with zero attached hydrogens (tertiary/aromatic N) is 2. The third kappa shape index (κ3) is 4.92. The maximum Gasteiger partial charge on any atom is 0.344 e. The number of benzene rings is 2. The van der Waals surface area contributed by atoms with E-state index in [0.29, 0.717) is 33.9 Å². The third-order valence-electron chi connectivity index (χ3n) is 5.30. The highest BCUT2D eigenvalue weighted by molar-refractivity contribution is 6.32. The molecule has 0 spiro atoms. The van der Waals surface area contributed by atoms with Crippen molar-refractivity contribution < 1.29 is 19.4 Å². The molecule has 33 heavy (non-hydrogen) atoms. The summed E-state index contributed by atoms with van der Waals surface area (Å²) in [4.78, 5) is 15.7. The van der Waals surface area contributed by atoms with Gasteiger partial charge in [-0.25, -0.2) is 9.78 Å². The van der Waals surface area contributed by atoms with E-state index in [1.165, 1.54) is 6.92 Å². The Labute approximate surface area is 201 Å². The van der Waals surface area contributed by atoms with Gasteiger partial charge in [-0.2, -0.15) is 0 Å². The fourth-order valence-electron chi connectivity index (χ4n) is 3.49. The van der Waals surface area contributed by atoms with E-state index in [1.807, 2.05) is 54.8 Å². The second-order valence-electron chi connectivity index (χ2n) is 7.78. The summed E-state index contributed by atoms with van der Waals surface area (Å²) >= 11 is 12.4. The van der Waals surface area contributed by atoms with Crippen LogP contribution in [0, 0.1) is 13.8 Å². The Kier molecular flexibility index (Phi) is 6.49. The number of halogens is 2. The van der Waals surface area contributed by atoms with Crippen molar-refractivity contribution in [1.29, 1.82) is 0 Å². The molecule has 6 nitrogen and oxygen atoms in total. The van der Waals surface area contributed by atoms with Crippen LogP contribution in [0.15, 0.2) is 54.6 Å². The molecule has 4 rings (SSSR count). The first-order valence-electron chi connectivity index (χ1n) is 10.3. The number of carboxylic acid groups (broad SMARTS) is 1. The van der Waals surface area contributed by atoms with Crippen molar-refractivity contribution in [1.82, 2.24) is 9.55 Å². The summed E-state index contributed by atoms with van der Waals surface area (Å²) in [6.07, 6.45) is -1.03. The van der Waals surface area contributed by atoms with Crippen molar-refractivity contribution in [3.8, 4) is 17.2 Å². The molecule has 0 aliphatic carbocycles. The van der Waals surface area contributed by atoms with Gasteiger partial charge < -0.3 is 19.1 Å². The van der Waals surface area contributed by atoms with Crippen molar-refractivity contribution in [3.63, 3.8) is 0 Å². The Morgan fingerprint density at radius 1 is 1.09 bits per heavy atom. The molecule has 0 saturated carbocycles. The Bertz CT molecular complexity index is 1330. The molecule has 2 aromatic heterocycles. The lowest BCUT2D eigenvalue weighted by Gasteiger charge is -2.14. The molecule has 2 aromatic carbocycles. The summed E-state index contributed by atoms with van der Waals surface area (Å²) in [6, 6.07) is 16.7. The SMILES string of the molecule is Cc1ccc(Oc2c(C)n(Cc3ccc(Cl)c(O[C@@H](C)C(=O)O)c3)c3nc(Cl)ccc23)cc1. The zero-order valence-electron chi connectivity index (χ0n) is 18.3. The molecule has 0 aliphatic heterocycles. The zero-order chi connectivity index (χ0) is 23.7. The summed E-state index contributed by atoms with van der Waals surface area (Å²) < 4.78 is 13.8. The highest BCUT2D eigenvalue weighted by Gasteiger charge is 2.19. The molecule has 4 aromatic rings. The highest BCUT2D eigenvalue weighted by Crippen LogP contribution is 2.37. The minimum absolute atomic E-state index is 0.306. The van der Waals surface area contributed by atoms with Crippen LogP contribution in [0.3, 0.4) is 0 Å². The minimum atomic E-state index is -1.07. The van der Waals surface area contributed by atoms with Crippen LogP contribution in [-0.2, 0) is 11.3 Å². The molecule has 0 bridgehead atoms. The number of ether oxygens (including phenoxy) is 2. The Hall–Kier alpha value is -3.22. The van der Waals surface area contributed by atoms with E-state index in [2.05, 4.69) is 4.98 Å². The van der Waals surface area contributed by atoms with Gasteiger partial charge in [0.15, 0.2) is 11.9 Å². The predicted octanol–water partition coefficient (Wildman–Crippen LogP) is 6.65. The van der Waals surface area contributed by atoms with Gasteiger partial charge in [0.1, 0.15) is 22.3 Å². The van der Waals surface area contributed by atoms with Crippen LogP contribution < -0.4 is 9.47 Å². The smallest absolute Gasteiger partial charge is 0.344 e. The highest BCUT2D eigenvalue weighted by atomic mass is 35.5. The average molecular weight is 485 g/mol. The molecule has 2 heterocycles. The molecule has 1 atom stereocenters. The number of hydrogen-bond donors (Lipinski definition) is 1. The van der Waals surface area contributed by atoms with E-state index in [1.54, 1.807) is 18.2 Å². The number of pyridine rings is 1. The van der Waals surface area contributed by atoms with Crippen molar-refractivity contribution in [2.45, 2.75) is 33.4 Å². The number of aromatic nitrogens is 2. The Morgan fingerprint density at radius 2 is 1.82 bits per heavy atom. The van der Waals surface area contributed by atoms with Crippen molar-refractivity contribution in [2.75, 3.05) is 0 Å². The Morgan fingerprint density at radius 3 is 2.52 bits per heavy atom. The van der Waals surface area contributed by atoms with Gasteiger partial charge in [0.2, 0.25) is 0 Å². The lowest BCUT2D eigenvalue weighted by atomic mass is 10.2. The molecule has 170 valence electrons. The first kappa shape index (κ1) is 23.0. The van der Waals surface area contributed by atoms with Gasteiger partial charge in [0.25, 0.3) is 0 Å². The number of carbonyl (C=O) groups is 1. The molecule has 0 radical (unpaired) electrons. The van der Waals surface area contributed by atoms with Crippen LogP contribution in [0.4, 0.5) is 0 Å². The van der Waals surface area contributed by atoms with Gasteiger partial charge in [0, 0.05) is 6.54 Å². The lowest BCUT2D eigenvalue weighted by molar-refractivity contribution is -0.144. The van der Waals surface area contributed by atoms with Crippen LogP contribution in [-0.4, -0.2) is 26.7 Å². The summed E-state index contributed by atoms with van der Waals surface area (Å²) in [5.41, 5.74) is 3.55. The van der Waals surface area contributed by atoms with Gasteiger partial charge in [0.05, 0.1) is 16.1 Å². The van der Waals surface area contributed by atoms with E-state index in [4.69, 9.17) is 37.8 Å². The summed E-state index contributed by atoms with van der Waals surface area (Å²) in [5.74, 6) is 0.659. The van der Waals surface area contributed by atoms with Gasteiger partial charge in [-0.3, -0.25) is 0 Å². The van der Waals surface area contributed by atoms with E-state index < -0.39 is 12.1 Å². The molecular formula is C25H22Cl2N2O4. The molecule has 0 unspecified atom stereocenters.